The van der Waals surface area contributed by atoms with Crippen molar-refractivity contribution in [3.8, 4) is 11.5 Å². The maximum Gasteiger partial charge on any atom is 0.326 e. The van der Waals surface area contributed by atoms with E-state index in [0.29, 0.717) is 18.6 Å². The maximum atomic E-state index is 12.4. The zero-order chi connectivity index (χ0) is 17.6. The Balaban J connectivity index is 2.93. The molecule has 1 aromatic rings. The van der Waals surface area contributed by atoms with Crippen molar-refractivity contribution in [2.45, 2.75) is 39.7 Å². The van der Waals surface area contributed by atoms with E-state index in [1.807, 2.05) is 20.8 Å². The van der Waals surface area contributed by atoms with E-state index in [-0.39, 0.29) is 16.7 Å². The van der Waals surface area contributed by atoms with Crippen LogP contribution in [0, 0.1) is 5.41 Å². The maximum absolute atomic E-state index is 12.4. The van der Waals surface area contributed by atoms with E-state index < -0.39 is 17.9 Å². The second-order valence-corrected chi connectivity index (χ2v) is 6.50. The third-order valence-corrected chi connectivity index (χ3v) is 3.43. The summed E-state index contributed by atoms with van der Waals surface area (Å²) >= 11 is 0. The van der Waals surface area contributed by atoms with Crippen LogP contribution in [0.25, 0.3) is 0 Å². The van der Waals surface area contributed by atoms with Crippen molar-refractivity contribution in [2.75, 3.05) is 14.2 Å². The Kier molecular flexibility index (Phi) is 6.42. The molecule has 0 aromatic heterocycles. The standard InChI is InChI=1S/C17H25NO5/c1-17(2,3)10-9-12(16(20)21)18-15(19)11-7-6-8-13(22-4)14(11)23-5/h6-8,12H,9-10H2,1-5H3,(H,18,19)(H,20,21). The highest BCUT2D eigenvalue weighted by atomic mass is 16.5. The zero-order valence-electron chi connectivity index (χ0n) is 14.3. The van der Waals surface area contributed by atoms with Crippen molar-refractivity contribution in [3.63, 3.8) is 0 Å². The fraction of sp³-hybridized carbons (Fsp3) is 0.529. The van der Waals surface area contributed by atoms with Gasteiger partial charge in [-0.05, 0) is 30.4 Å². The van der Waals surface area contributed by atoms with E-state index in [1.54, 1.807) is 18.2 Å². The predicted octanol–water partition coefficient (Wildman–Crippen LogP) is 2.71. The summed E-state index contributed by atoms with van der Waals surface area (Å²) < 4.78 is 10.4. The lowest BCUT2D eigenvalue weighted by Crippen LogP contribution is -2.41. The number of carboxylic acid groups (broad SMARTS) is 1. The molecule has 1 rings (SSSR count). The van der Waals surface area contributed by atoms with E-state index in [2.05, 4.69) is 5.32 Å². The van der Waals surface area contributed by atoms with Gasteiger partial charge in [-0.3, -0.25) is 4.79 Å². The van der Waals surface area contributed by atoms with Crippen LogP contribution in [0.2, 0.25) is 0 Å². The first kappa shape index (κ1) is 18.8. The molecule has 6 nitrogen and oxygen atoms in total. The summed E-state index contributed by atoms with van der Waals surface area (Å²) in [5.41, 5.74) is 0.236. The van der Waals surface area contributed by atoms with Crippen LogP contribution < -0.4 is 14.8 Å². The average molecular weight is 323 g/mol. The van der Waals surface area contributed by atoms with E-state index in [0.717, 1.165) is 0 Å². The van der Waals surface area contributed by atoms with E-state index in [4.69, 9.17) is 9.47 Å². The van der Waals surface area contributed by atoms with Gasteiger partial charge >= 0.3 is 5.97 Å². The molecule has 0 spiro atoms. The summed E-state index contributed by atoms with van der Waals surface area (Å²) in [6.45, 7) is 6.08. The zero-order valence-corrected chi connectivity index (χ0v) is 14.3. The van der Waals surface area contributed by atoms with Crippen molar-refractivity contribution in [1.82, 2.24) is 5.32 Å². The molecular formula is C17H25NO5. The topological polar surface area (TPSA) is 84.9 Å². The minimum atomic E-state index is -1.05. The van der Waals surface area contributed by atoms with Gasteiger partial charge in [0.15, 0.2) is 11.5 Å². The Morgan fingerprint density at radius 2 is 1.87 bits per heavy atom. The number of hydrogen-bond donors (Lipinski definition) is 2. The molecular weight excluding hydrogens is 298 g/mol. The fourth-order valence-electron chi connectivity index (χ4n) is 2.14. The summed E-state index contributed by atoms with van der Waals surface area (Å²) in [7, 11) is 2.91. The SMILES string of the molecule is COc1cccc(C(=O)NC(CCC(C)(C)C)C(=O)O)c1OC. The van der Waals surface area contributed by atoms with E-state index >= 15 is 0 Å². The molecule has 0 aliphatic rings. The first-order valence-electron chi connectivity index (χ1n) is 7.44. The third-order valence-electron chi connectivity index (χ3n) is 3.43. The molecule has 0 saturated carbocycles. The number of aliphatic carboxylic acids is 1. The summed E-state index contributed by atoms with van der Waals surface area (Å²) in [5, 5.41) is 11.9. The highest BCUT2D eigenvalue weighted by molar-refractivity contribution is 5.99. The molecule has 128 valence electrons. The Bertz CT molecular complexity index is 563. The number of methoxy groups -OCH3 is 2. The van der Waals surface area contributed by atoms with Crippen LogP contribution in [0.3, 0.4) is 0 Å². The average Bonchev–Trinajstić information content (AvgIpc) is 2.48. The molecule has 6 heteroatoms. The van der Waals surface area contributed by atoms with Crippen LogP contribution in [-0.4, -0.2) is 37.2 Å². The Morgan fingerprint density at radius 3 is 2.35 bits per heavy atom. The molecule has 0 aliphatic heterocycles. The van der Waals surface area contributed by atoms with Gasteiger partial charge in [-0.25, -0.2) is 4.79 Å². The fourth-order valence-corrected chi connectivity index (χ4v) is 2.14. The molecule has 0 aliphatic carbocycles. The van der Waals surface area contributed by atoms with Gasteiger partial charge in [-0.1, -0.05) is 26.8 Å². The largest absolute Gasteiger partial charge is 0.493 e. The van der Waals surface area contributed by atoms with E-state index in [9.17, 15) is 14.7 Å². The van der Waals surface area contributed by atoms with Gasteiger partial charge in [0.2, 0.25) is 0 Å². The van der Waals surface area contributed by atoms with Crippen LogP contribution in [0.4, 0.5) is 0 Å². The summed E-state index contributed by atoms with van der Waals surface area (Å²) in [6.07, 6.45) is 1.04. The van der Waals surface area contributed by atoms with Gasteiger partial charge in [0.25, 0.3) is 5.91 Å². The minimum absolute atomic E-state index is 0.00785. The quantitative estimate of drug-likeness (QED) is 0.806. The summed E-state index contributed by atoms with van der Waals surface area (Å²) in [5.74, 6) is -0.847. The lowest BCUT2D eigenvalue weighted by atomic mass is 9.88. The second kappa shape index (κ2) is 7.85. The third kappa shape index (κ3) is 5.47. The lowest BCUT2D eigenvalue weighted by Gasteiger charge is -2.22. The van der Waals surface area contributed by atoms with Gasteiger partial charge in [0, 0.05) is 0 Å². The molecule has 0 saturated heterocycles. The van der Waals surface area contributed by atoms with Crippen LogP contribution in [0.1, 0.15) is 44.0 Å². The van der Waals surface area contributed by atoms with Gasteiger partial charge < -0.3 is 19.9 Å². The first-order chi connectivity index (χ1) is 10.7. The van der Waals surface area contributed by atoms with Crippen molar-refractivity contribution in [3.05, 3.63) is 23.8 Å². The number of hydrogen-bond acceptors (Lipinski definition) is 4. The van der Waals surface area contributed by atoms with Gasteiger partial charge in [-0.2, -0.15) is 0 Å². The lowest BCUT2D eigenvalue weighted by molar-refractivity contribution is -0.139. The smallest absolute Gasteiger partial charge is 0.326 e. The van der Waals surface area contributed by atoms with Crippen molar-refractivity contribution in [1.29, 1.82) is 0 Å². The van der Waals surface area contributed by atoms with Crippen molar-refractivity contribution in [2.24, 2.45) is 5.41 Å². The number of carbonyl (C=O) groups is 2. The molecule has 2 N–H and O–H groups in total. The predicted molar refractivity (Wildman–Crippen MR) is 87.1 cm³/mol. The highest BCUT2D eigenvalue weighted by Gasteiger charge is 2.25. The summed E-state index contributed by atoms with van der Waals surface area (Å²) in [6, 6.07) is 3.95. The number of carbonyl (C=O) groups excluding carboxylic acids is 1. The molecule has 1 amide bonds. The first-order valence-corrected chi connectivity index (χ1v) is 7.44. The number of rotatable bonds is 7. The normalized spacial score (nSPS) is 12.4. The van der Waals surface area contributed by atoms with Crippen molar-refractivity contribution < 1.29 is 24.2 Å². The molecule has 23 heavy (non-hydrogen) atoms. The van der Waals surface area contributed by atoms with E-state index in [1.165, 1.54) is 14.2 Å². The number of ether oxygens (including phenoxy) is 2. The Hall–Kier alpha value is -2.24. The minimum Gasteiger partial charge on any atom is -0.493 e. The molecule has 0 bridgehead atoms. The molecule has 1 unspecified atom stereocenters. The monoisotopic (exact) mass is 323 g/mol. The Labute approximate surface area is 136 Å². The Morgan fingerprint density at radius 1 is 1.22 bits per heavy atom. The highest BCUT2D eigenvalue weighted by Crippen LogP contribution is 2.30. The van der Waals surface area contributed by atoms with Gasteiger partial charge in [0.1, 0.15) is 6.04 Å². The second-order valence-electron chi connectivity index (χ2n) is 6.50. The molecule has 1 atom stereocenters. The van der Waals surface area contributed by atoms with Crippen LogP contribution >= 0.6 is 0 Å². The number of carboxylic acids is 1. The molecule has 1 aromatic carbocycles. The number of para-hydroxylation sites is 1. The molecule has 0 fully saturated rings. The summed E-state index contributed by atoms with van der Waals surface area (Å²) in [4.78, 5) is 23.8. The van der Waals surface area contributed by atoms with Gasteiger partial charge in [0.05, 0.1) is 19.8 Å². The number of benzene rings is 1. The van der Waals surface area contributed by atoms with Crippen LogP contribution in [0.15, 0.2) is 18.2 Å². The van der Waals surface area contributed by atoms with Crippen LogP contribution in [-0.2, 0) is 4.79 Å². The van der Waals surface area contributed by atoms with Crippen molar-refractivity contribution >= 4 is 11.9 Å². The number of nitrogens with one attached hydrogen (secondary N) is 1. The molecule has 0 radical (unpaired) electrons. The number of amides is 1. The molecule has 0 heterocycles. The van der Waals surface area contributed by atoms with Crippen LogP contribution in [0.5, 0.6) is 11.5 Å². The van der Waals surface area contributed by atoms with Gasteiger partial charge in [-0.15, -0.1) is 0 Å².